The Morgan fingerprint density at radius 3 is 2.40 bits per heavy atom. The summed E-state index contributed by atoms with van der Waals surface area (Å²) in [4.78, 5) is 30.5. The number of benzene rings is 2. The molecule has 4 aromatic rings. The van der Waals surface area contributed by atoms with E-state index < -0.39 is 20.6 Å². The summed E-state index contributed by atoms with van der Waals surface area (Å²) in [5.74, 6) is 0. The largest absolute Gasteiger partial charge is 0.295 e. The first-order valence-corrected chi connectivity index (χ1v) is 13.2. The lowest BCUT2D eigenvalue weighted by atomic mass is 10.2. The zero-order valence-electron chi connectivity index (χ0n) is 18.5. The number of nitrogens with zero attached hydrogens (tertiary/aromatic N) is 5. The van der Waals surface area contributed by atoms with Crippen molar-refractivity contribution >= 4 is 32.0 Å². The SMILES string of the molecule is O=c1cc(CN2CCN(S(=O)(=O)c3ccccc3[N+](=O)[O-])CC2)nc2scc(-c3ccccc3)n12. The van der Waals surface area contributed by atoms with E-state index in [-0.39, 0.29) is 23.5 Å². The van der Waals surface area contributed by atoms with Gasteiger partial charge in [-0.15, -0.1) is 11.3 Å². The van der Waals surface area contributed by atoms with Crippen molar-refractivity contribution in [1.82, 2.24) is 18.6 Å². The van der Waals surface area contributed by atoms with Gasteiger partial charge in [0.15, 0.2) is 9.86 Å². The van der Waals surface area contributed by atoms with Gasteiger partial charge < -0.3 is 0 Å². The second-order valence-corrected chi connectivity index (χ2v) is 10.8. The average Bonchev–Trinajstić information content (AvgIpc) is 3.29. The molecule has 12 heteroatoms. The van der Waals surface area contributed by atoms with Crippen molar-refractivity contribution in [3.8, 4) is 11.3 Å². The molecule has 0 N–H and O–H groups in total. The number of sulfonamides is 1. The first-order chi connectivity index (χ1) is 16.8. The van der Waals surface area contributed by atoms with Gasteiger partial charge in [0, 0.05) is 50.2 Å². The molecule has 0 saturated carbocycles. The van der Waals surface area contributed by atoms with Crippen LogP contribution in [0.5, 0.6) is 0 Å². The van der Waals surface area contributed by atoms with Crippen LogP contribution >= 0.6 is 11.3 Å². The Bertz CT molecular complexity index is 1560. The topological polar surface area (TPSA) is 118 Å². The van der Waals surface area contributed by atoms with Crippen molar-refractivity contribution in [2.24, 2.45) is 0 Å². The highest BCUT2D eigenvalue weighted by Gasteiger charge is 2.33. The van der Waals surface area contributed by atoms with Gasteiger partial charge in [0.25, 0.3) is 11.2 Å². The molecule has 1 aliphatic rings. The summed E-state index contributed by atoms with van der Waals surface area (Å²) in [6, 6.07) is 16.5. The maximum atomic E-state index is 13.0. The standard InChI is InChI=1S/C23H21N5O5S2/c29-22-14-18(24-23-27(22)20(16-34-23)17-6-2-1-3-7-17)15-25-10-12-26(13-11-25)35(32,33)21-9-5-4-8-19(21)28(30)31/h1-9,14,16H,10-13,15H2. The van der Waals surface area contributed by atoms with E-state index in [1.54, 1.807) is 4.40 Å². The molecule has 0 bridgehead atoms. The molecule has 180 valence electrons. The summed E-state index contributed by atoms with van der Waals surface area (Å²) in [5, 5.41) is 13.2. The van der Waals surface area contributed by atoms with Gasteiger partial charge in [0.05, 0.1) is 16.3 Å². The molecule has 3 heterocycles. The van der Waals surface area contributed by atoms with E-state index in [0.29, 0.717) is 30.3 Å². The molecule has 35 heavy (non-hydrogen) atoms. The minimum absolute atomic E-state index is 0.164. The first kappa shape index (κ1) is 23.3. The number of piperazine rings is 1. The third-order valence-corrected chi connectivity index (χ3v) is 8.70. The second kappa shape index (κ2) is 9.30. The van der Waals surface area contributed by atoms with Crippen LogP contribution in [0.15, 0.2) is 75.7 Å². The van der Waals surface area contributed by atoms with Crippen molar-refractivity contribution in [2.75, 3.05) is 26.2 Å². The summed E-state index contributed by atoms with van der Waals surface area (Å²) in [7, 11) is -4.00. The number of thiazole rings is 1. The Balaban J connectivity index is 1.31. The Morgan fingerprint density at radius 1 is 1.00 bits per heavy atom. The predicted octanol–water partition coefficient (Wildman–Crippen LogP) is 2.84. The lowest BCUT2D eigenvalue weighted by Gasteiger charge is -2.33. The molecule has 0 spiro atoms. The van der Waals surface area contributed by atoms with Crippen LogP contribution in [0.25, 0.3) is 16.2 Å². The zero-order chi connectivity index (χ0) is 24.6. The fourth-order valence-electron chi connectivity index (χ4n) is 4.18. The Morgan fingerprint density at radius 2 is 1.69 bits per heavy atom. The highest BCUT2D eigenvalue weighted by Crippen LogP contribution is 2.27. The molecule has 1 saturated heterocycles. The van der Waals surface area contributed by atoms with Gasteiger partial charge in [0.1, 0.15) is 0 Å². The van der Waals surface area contributed by atoms with Crippen molar-refractivity contribution < 1.29 is 13.3 Å². The second-order valence-electron chi connectivity index (χ2n) is 8.10. The van der Waals surface area contributed by atoms with E-state index in [9.17, 15) is 23.3 Å². The third-order valence-electron chi connectivity index (χ3n) is 5.92. The molecular weight excluding hydrogens is 490 g/mol. The number of rotatable bonds is 6. The fraction of sp³-hybridized carbons (Fsp3) is 0.217. The molecular formula is C23H21N5O5S2. The lowest BCUT2D eigenvalue weighted by Crippen LogP contribution is -2.48. The maximum absolute atomic E-state index is 13.0. The van der Waals surface area contributed by atoms with E-state index >= 15 is 0 Å². The molecule has 0 radical (unpaired) electrons. The predicted molar refractivity (Wildman–Crippen MR) is 132 cm³/mol. The monoisotopic (exact) mass is 511 g/mol. The Hall–Kier alpha value is -3.45. The van der Waals surface area contributed by atoms with Gasteiger partial charge in [-0.1, -0.05) is 42.5 Å². The van der Waals surface area contributed by atoms with Crippen molar-refractivity contribution in [3.63, 3.8) is 0 Å². The van der Waals surface area contributed by atoms with Crippen LogP contribution < -0.4 is 5.56 Å². The Labute approximate surface area is 204 Å². The quantitative estimate of drug-likeness (QED) is 0.288. The highest BCUT2D eigenvalue weighted by atomic mass is 32.2. The number of hydrogen-bond donors (Lipinski definition) is 0. The van der Waals surface area contributed by atoms with Crippen LogP contribution in [0, 0.1) is 10.1 Å². The lowest BCUT2D eigenvalue weighted by molar-refractivity contribution is -0.387. The van der Waals surface area contributed by atoms with Gasteiger partial charge in [-0.25, -0.2) is 13.4 Å². The van der Waals surface area contributed by atoms with Crippen LogP contribution in [-0.4, -0.2) is 58.1 Å². The normalized spacial score (nSPS) is 15.4. The van der Waals surface area contributed by atoms with E-state index in [1.165, 1.54) is 46.0 Å². The molecule has 0 atom stereocenters. The van der Waals surface area contributed by atoms with Gasteiger partial charge in [0.2, 0.25) is 10.0 Å². The molecule has 0 aliphatic carbocycles. The zero-order valence-corrected chi connectivity index (χ0v) is 20.1. The molecule has 2 aromatic heterocycles. The summed E-state index contributed by atoms with van der Waals surface area (Å²) < 4.78 is 28.9. The van der Waals surface area contributed by atoms with Gasteiger partial charge in [-0.05, 0) is 11.6 Å². The summed E-state index contributed by atoms with van der Waals surface area (Å²) >= 11 is 1.39. The minimum Gasteiger partial charge on any atom is -0.295 e. The van der Waals surface area contributed by atoms with Crippen molar-refractivity contribution in [2.45, 2.75) is 11.4 Å². The number of fused-ring (bicyclic) bond motifs is 1. The van der Waals surface area contributed by atoms with Crippen LogP contribution in [0.4, 0.5) is 5.69 Å². The van der Waals surface area contributed by atoms with E-state index in [4.69, 9.17) is 0 Å². The van der Waals surface area contributed by atoms with Crippen molar-refractivity contribution in [1.29, 1.82) is 0 Å². The summed E-state index contributed by atoms with van der Waals surface area (Å²) in [5.41, 5.74) is 1.75. The molecule has 1 fully saturated rings. The number of aromatic nitrogens is 2. The molecule has 1 aliphatic heterocycles. The number of para-hydroxylation sites is 1. The highest BCUT2D eigenvalue weighted by molar-refractivity contribution is 7.89. The van der Waals surface area contributed by atoms with Gasteiger partial charge in [-0.3, -0.25) is 24.2 Å². The van der Waals surface area contributed by atoms with Crippen LogP contribution in [0.1, 0.15) is 5.69 Å². The molecule has 0 unspecified atom stereocenters. The molecule has 0 amide bonds. The molecule has 5 rings (SSSR count). The minimum atomic E-state index is -4.00. The van der Waals surface area contributed by atoms with Crippen LogP contribution in [0.2, 0.25) is 0 Å². The number of nitro groups is 1. The van der Waals surface area contributed by atoms with E-state index in [1.807, 2.05) is 40.6 Å². The van der Waals surface area contributed by atoms with Crippen molar-refractivity contribution in [3.05, 3.63) is 92.2 Å². The summed E-state index contributed by atoms with van der Waals surface area (Å²) in [6.07, 6.45) is 0. The first-order valence-electron chi connectivity index (χ1n) is 10.9. The third kappa shape index (κ3) is 4.48. The number of hydrogen-bond acceptors (Lipinski definition) is 8. The molecule has 2 aromatic carbocycles. The maximum Gasteiger partial charge on any atom is 0.289 e. The molecule has 10 nitrogen and oxygen atoms in total. The van der Waals surface area contributed by atoms with E-state index in [2.05, 4.69) is 4.98 Å². The summed E-state index contributed by atoms with van der Waals surface area (Å²) in [6.45, 7) is 1.62. The van der Waals surface area contributed by atoms with Gasteiger partial charge in [-0.2, -0.15) is 4.31 Å². The number of nitro benzene ring substituents is 1. The fourth-order valence-corrected chi connectivity index (χ4v) is 6.68. The van der Waals surface area contributed by atoms with Crippen LogP contribution in [0.3, 0.4) is 0 Å². The Kier molecular flexibility index (Phi) is 6.19. The van der Waals surface area contributed by atoms with Crippen LogP contribution in [-0.2, 0) is 16.6 Å². The van der Waals surface area contributed by atoms with Gasteiger partial charge >= 0.3 is 0 Å². The van der Waals surface area contributed by atoms with E-state index in [0.717, 1.165) is 11.3 Å². The smallest absolute Gasteiger partial charge is 0.289 e. The average molecular weight is 512 g/mol.